The average molecular weight is 460 g/mol. The summed E-state index contributed by atoms with van der Waals surface area (Å²) >= 11 is 0. The largest absolute Gasteiger partial charge is 0.302 e. The van der Waals surface area contributed by atoms with Crippen molar-refractivity contribution in [3.8, 4) is 0 Å². The van der Waals surface area contributed by atoms with E-state index in [2.05, 4.69) is 86.9 Å². The Balaban J connectivity index is 2.71. The zero-order chi connectivity index (χ0) is 25.2. The minimum atomic E-state index is 0.394. The number of hydrogen-bond acceptors (Lipinski definition) is 1. The van der Waals surface area contributed by atoms with Crippen LogP contribution in [0.2, 0.25) is 0 Å². The molecule has 0 heterocycles. The van der Waals surface area contributed by atoms with Crippen LogP contribution in [0.4, 0.5) is 0 Å². The molecule has 0 bridgehead atoms. The summed E-state index contributed by atoms with van der Waals surface area (Å²) in [7, 11) is 2.29. The fourth-order valence-corrected chi connectivity index (χ4v) is 5.90. The van der Waals surface area contributed by atoms with Gasteiger partial charge in [0.15, 0.2) is 0 Å². The van der Waals surface area contributed by atoms with E-state index in [4.69, 9.17) is 0 Å². The van der Waals surface area contributed by atoms with Gasteiger partial charge in [-0.05, 0) is 98.3 Å². The molecule has 3 unspecified atom stereocenters. The van der Waals surface area contributed by atoms with Crippen LogP contribution in [-0.4, -0.2) is 25.0 Å². The number of allylic oxidation sites excluding steroid dienone is 1. The van der Waals surface area contributed by atoms with Gasteiger partial charge >= 0.3 is 0 Å². The van der Waals surface area contributed by atoms with E-state index in [1.807, 2.05) is 0 Å². The van der Waals surface area contributed by atoms with E-state index < -0.39 is 0 Å². The molecule has 0 aromatic rings. The van der Waals surface area contributed by atoms with E-state index in [0.29, 0.717) is 16.7 Å². The van der Waals surface area contributed by atoms with Gasteiger partial charge in [0.1, 0.15) is 0 Å². The zero-order valence-electron chi connectivity index (χ0n) is 24.5. The first kappa shape index (κ1) is 30.5. The van der Waals surface area contributed by atoms with Crippen molar-refractivity contribution in [2.75, 3.05) is 20.1 Å². The Kier molecular flexibility index (Phi) is 13.0. The number of likely N-dealkylation sites (N-methyl/N-ethyl adjacent to an activating group) is 1. The van der Waals surface area contributed by atoms with Gasteiger partial charge in [-0.2, -0.15) is 0 Å². The lowest BCUT2D eigenvalue weighted by molar-refractivity contribution is 0.0955. The summed E-state index contributed by atoms with van der Waals surface area (Å²) in [5, 5.41) is 0. The summed E-state index contributed by atoms with van der Waals surface area (Å²) in [6.45, 7) is 28.4. The standard InChI is InChI=1S/C32H61N/c1-12-15-27(16-13-2)17-18-30-23-29(19-21-32(30,9)10)26(5)28(14-3)24-33(11)22-20-25(4)31(6,7)8/h14,25,27,29-30H,5,12-13,15-24H2,1-4,6-11H3/b28-14-. The monoisotopic (exact) mass is 459 g/mol. The molecule has 1 aliphatic carbocycles. The Morgan fingerprint density at radius 3 is 2.21 bits per heavy atom. The summed E-state index contributed by atoms with van der Waals surface area (Å²) in [5.74, 6) is 3.19. The molecule has 1 fully saturated rings. The van der Waals surface area contributed by atoms with E-state index in [1.54, 1.807) is 0 Å². The number of rotatable bonds is 14. The maximum Gasteiger partial charge on any atom is 0.0230 e. The van der Waals surface area contributed by atoms with Crippen LogP contribution in [0.5, 0.6) is 0 Å². The van der Waals surface area contributed by atoms with Crippen LogP contribution < -0.4 is 0 Å². The highest BCUT2D eigenvalue weighted by molar-refractivity contribution is 5.32. The second-order valence-corrected chi connectivity index (χ2v) is 13.3. The zero-order valence-corrected chi connectivity index (χ0v) is 24.5. The summed E-state index contributed by atoms with van der Waals surface area (Å²) < 4.78 is 0. The normalized spacial score (nSPS) is 22.7. The SMILES string of the molecule is C=C(/C(=C\C)CN(C)CCC(C)C(C)(C)C)C1CCC(C)(C)C(CCC(CCC)CCC)C1. The molecule has 1 heteroatoms. The smallest absolute Gasteiger partial charge is 0.0230 e. The van der Waals surface area contributed by atoms with Crippen molar-refractivity contribution in [3.05, 3.63) is 23.8 Å². The molecule has 0 amide bonds. The quantitative estimate of drug-likeness (QED) is 0.233. The van der Waals surface area contributed by atoms with Gasteiger partial charge < -0.3 is 4.90 Å². The van der Waals surface area contributed by atoms with Crippen LogP contribution in [0.1, 0.15) is 127 Å². The average Bonchev–Trinajstić information content (AvgIpc) is 2.73. The van der Waals surface area contributed by atoms with Crippen molar-refractivity contribution in [2.45, 2.75) is 127 Å². The molecule has 33 heavy (non-hydrogen) atoms. The molecule has 194 valence electrons. The van der Waals surface area contributed by atoms with Crippen LogP contribution in [0.3, 0.4) is 0 Å². The van der Waals surface area contributed by atoms with Gasteiger partial charge in [-0.15, -0.1) is 0 Å². The van der Waals surface area contributed by atoms with Crippen LogP contribution in [0, 0.1) is 34.5 Å². The van der Waals surface area contributed by atoms with E-state index in [0.717, 1.165) is 24.3 Å². The third-order valence-corrected chi connectivity index (χ3v) is 9.24. The van der Waals surface area contributed by atoms with Crippen LogP contribution in [-0.2, 0) is 0 Å². The van der Waals surface area contributed by atoms with Crippen molar-refractivity contribution < 1.29 is 0 Å². The van der Waals surface area contributed by atoms with Crippen molar-refractivity contribution in [3.63, 3.8) is 0 Å². The van der Waals surface area contributed by atoms with E-state index in [1.165, 1.54) is 81.9 Å². The minimum Gasteiger partial charge on any atom is -0.302 e. The molecule has 0 saturated heterocycles. The van der Waals surface area contributed by atoms with Crippen LogP contribution >= 0.6 is 0 Å². The van der Waals surface area contributed by atoms with Crippen molar-refractivity contribution in [1.82, 2.24) is 4.90 Å². The molecule has 3 atom stereocenters. The lowest BCUT2D eigenvalue weighted by Crippen LogP contribution is -2.34. The van der Waals surface area contributed by atoms with E-state index >= 15 is 0 Å². The van der Waals surface area contributed by atoms with Gasteiger partial charge in [0.2, 0.25) is 0 Å². The Labute approximate surface area is 209 Å². The molecule has 0 aliphatic heterocycles. The lowest BCUT2D eigenvalue weighted by Gasteiger charge is -2.44. The fourth-order valence-electron chi connectivity index (χ4n) is 5.90. The fraction of sp³-hybridized carbons (Fsp3) is 0.875. The second kappa shape index (κ2) is 14.1. The maximum atomic E-state index is 4.68. The highest BCUT2D eigenvalue weighted by Crippen LogP contribution is 2.48. The van der Waals surface area contributed by atoms with Gasteiger partial charge in [-0.3, -0.25) is 0 Å². The van der Waals surface area contributed by atoms with E-state index in [-0.39, 0.29) is 0 Å². The third kappa shape index (κ3) is 10.3. The van der Waals surface area contributed by atoms with Gasteiger partial charge in [0, 0.05) is 6.54 Å². The molecule has 1 aliphatic rings. The Bertz CT molecular complexity index is 584. The van der Waals surface area contributed by atoms with Crippen molar-refractivity contribution >= 4 is 0 Å². The van der Waals surface area contributed by atoms with Crippen molar-refractivity contribution in [1.29, 1.82) is 0 Å². The van der Waals surface area contributed by atoms with Gasteiger partial charge in [-0.25, -0.2) is 0 Å². The topological polar surface area (TPSA) is 3.24 Å². The Hall–Kier alpha value is -0.560. The molecule has 0 aromatic heterocycles. The molecule has 1 saturated carbocycles. The molecule has 0 radical (unpaired) electrons. The molecular weight excluding hydrogens is 398 g/mol. The van der Waals surface area contributed by atoms with Gasteiger partial charge in [0.25, 0.3) is 0 Å². The third-order valence-electron chi connectivity index (χ3n) is 9.24. The molecular formula is C32H61N. The lowest BCUT2D eigenvalue weighted by atomic mass is 9.62. The highest BCUT2D eigenvalue weighted by Gasteiger charge is 2.37. The maximum absolute atomic E-state index is 4.68. The summed E-state index contributed by atoms with van der Waals surface area (Å²) in [6, 6.07) is 0. The summed E-state index contributed by atoms with van der Waals surface area (Å²) in [4.78, 5) is 2.52. The highest BCUT2D eigenvalue weighted by atomic mass is 15.1. The first-order valence-corrected chi connectivity index (χ1v) is 14.4. The number of nitrogens with zero attached hydrogens (tertiary/aromatic N) is 1. The molecule has 1 rings (SSSR count). The number of hydrogen-bond donors (Lipinski definition) is 0. The first-order chi connectivity index (χ1) is 15.3. The van der Waals surface area contributed by atoms with Crippen LogP contribution in [0.15, 0.2) is 23.8 Å². The molecule has 0 aromatic carbocycles. The first-order valence-electron chi connectivity index (χ1n) is 14.4. The van der Waals surface area contributed by atoms with Gasteiger partial charge in [-0.1, -0.05) is 100 Å². The van der Waals surface area contributed by atoms with Crippen LogP contribution in [0.25, 0.3) is 0 Å². The molecule has 0 spiro atoms. The summed E-state index contributed by atoms with van der Waals surface area (Å²) in [6.07, 6.45) is 16.0. The second-order valence-electron chi connectivity index (χ2n) is 13.3. The molecule has 1 nitrogen and oxygen atoms in total. The summed E-state index contributed by atoms with van der Waals surface area (Å²) in [5.41, 5.74) is 3.80. The predicted octanol–water partition coefficient (Wildman–Crippen LogP) is 9.93. The van der Waals surface area contributed by atoms with E-state index in [9.17, 15) is 0 Å². The van der Waals surface area contributed by atoms with Crippen molar-refractivity contribution in [2.24, 2.45) is 34.5 Å². The Morgan fingerprint density at radius 1 is 1.09 bits per heavy atom. The van der Waals surface area contributed by atoms with Gasteiger partial charge in [0.05, 0.1) is 0 Å². The molecule has 0 N–H and O–H groups in total. The Morgan fingerprint density at radius 2 is 1.70 bits per heavy atom. The predicted molar refractivity (Wildman–Crippen MR) is 151 cm³/mol. The minimum absolute atomic E-state index is 0.394.